The van der Waals surface area contributed by atoms with Gasteiger partial charge in [-0.25, -0.2) is 4.98 Å². The van der Waals surface area contributed by atoms with E-state index in [1.165, 1.54) is 43.8 Å². The average molecular weight is 600 g/mol. The summed E-state index contributed by atoms with van der Waals surface area (Å²) in [6.45, 7) is 0. The molecular weight excluding hydrogens is 571 g/mol. The Hall–Kier alpha value is -6.32. The van der Waals surface area contributed by atoms with E-state index >= 15 is 0 Å². The number of pyridine rings is 1. The van der Waals surface area contributed by atoms with Crippen LogP contribution in [0.15, 0.2) is 176 Å². The van der Waals surface area contributed by atoms with E-state index < -0.39 is 0 Å². The van der Waals surface area contributed by atoms with Crippen molar-refractivity contribution in [3.8, 4) is 50.5 Å². The van der Waals surface area contributed by atoms with Crippen LogP contribution in [0.2, 0.25) is 0 Å². The topological polar surface area (TPSA) is 30.7 Å². The maximum absolute atomic E-state index is 5.05. The summed E-state index contributed by atoms with van der Waals surface area (Å²) in [5.41, 5.74) is 11.1. The summed E-state index contributed by atoms with van der Waals surface area (Å²) in [4.78, 5) is 9.84. The van der Waals surface area contributed by atoms with E-state index in [1.807, 2.05) is 24.5 Å². The maximum atomic E-state index is 5.05. The molecule has 220 valence electrons. The fourth-order valence-electron chi connectivity index (χ4n) is 6.97. The summed E-state index contributed by atoms with van der Waals surface area (Å²) in [5, 5.41) is 4.94. The van der Waals surface area contributed by atoms with E-state index in [2.05, 4.69) is 156 Å². The van der Waals surface area contributed by atoms with Gasteiger partial charge < -0.3 is 0 Å². The van der Waals surface area contributed by atoms with Crippen LogP contribution in [-0.2, 0) is 0 Å². The largest absolute Gasteiger partial charge is 0.291 e. The molecule has 2 aromatic heterocycles. The van der Waals surface area contributed by atoms with E-state index in [4.69, 9.17) is 9.97 Å². The van der Waals surface area contributed by atoms with E-state index in [0.717, 1.165) is 39.2 Å². The van der Waals surface area contributed by atoms with Gasteiger partial charge in [-0.2, -0.15) is 0 Å². The van der Waals surface area contributed by atoms with Crippen LogP contribution in [0.3, 0.4) is 0 Å². The normalized spacial score (nSPS) is 11.4. The number of nitrogens with zero attached hydrogens (tertiary/aromatic N) is 3. The second kappa shape index (κ2) is 11.2. The predicted molar refractivity (Wildman–Crippen MR) is 196 cm³/mol. The second-order valence-electron chi connectivity index (χ2n) is 11.8. The minimum Gasteiger partial charge on any atom is -0.291 e. The molecule has 0 amide bonds. The van der Waals surface area contributed by atoms with Crippen molar-refractivity contribution in [1.82, 2.24) is 14.5 Å². The summed E-state index contributed by atoms with van der Waals surface area (Å²) in [5.74, 6) is 0.898. The Morgan fingerprint density at radius 3 is 1.62 bits per heavy atom. The maximum Gasteiger partial charge on any atom is 0.145 e. The van der Waals surface area contributed by atoms with Gasteiger partial charge in [-0.3, -0.25) is 9.55 Å². The first kappa shape index (κ1) is 27.0. The van der Waals surface area contributed by atoms with Gasteiger partial charge in [0.05, 0.1) is 22.9 Å². The molecule has 0 saturated heterocycles. The Bertz CT molecular complexity index is 2550. The highest BCUT2D eigenvalue weighted by Crippen LogP contribution is 2.44. The lowest BCUT2D eigenvalue weighted by atomic mass is 9.85. The van der Waals surface area contributed by atoms with E-state index in [-0.39, 0.29) is 0 Å². The van der Waals surface area contributed by atoms with Crippen molar-refractivity contribution in [2.45, 2.75) is 0 Å². The van der Waals surface area contributed by atoms with Crippen LogP contribution in [0.4, 0.5) is 0 Å². The summed E-state index contributed by atoms with van der Waals surface area (Å²) < 4.78 is 2.22. The first-order chi connectivity index (χ1) is 23.3. The highest BCUT2D eigenvalue weighted by atomic mass is 15.1. The smallest absolute Gasteiger partial charge is 0.145 e. The minimum atomic E-state index is 0.898. The Labute approximate surface area is 273 Å². The molecule has 0 saturated carbocycles. The number of benzene rings is 7. The van der Waals surface area contributed by atoms with Crippen molar-refractivity contribution in [2.75, 3.05) is 0 Å². The highest BCUT2D eigenvalue weighted by molar-refractivity contribution is 6.21. The lowest BCUT2D eigenvalue weighted by molar-refractivity contribution is 1.08. The van der Waals surface area contributed by atoms with E-state index in [1.54, 1.807) is 0 Å². The second-order valence-corrected chi connectivity index (χ2v) is 11.8. The number of fused-ring (bicyclic) bond motifs is 3. The first-order valence-electron chi connectivity index (χ1n) is 15.9. The third kappa shape index (κ3) is 4.60. The van der Waals surface area contributed by atoms with Crippen LogP contribution in [0, 0.1) is 0 Å². The summed E-state index contributed by atoms with van der Waals surface area (Å²) >= 11 is 0. The molecule has 47 heavy (non-hydrogen) atoms. The molecule has 0 atom stereocenters. The van der Waals surface area contributed by atoms with Gasteiger partial charge in [0.1, 0.15) is 5.82 Å². The fraction of sp³-hybridized carbons (Fsp3) is 0. The van der Waals surface area contributed by atoms with Crippen LogP contribution >= 0.6 is 0 Å². The number of hydrogen-bond acceptors (Lipinski definition) is 2. The Balaban J connectivity index is 1.30. The lowest BCUT2D eigenvalue weighted by Gasteiger charge is -2.19. The van der Waals surface area contributed by atoms with Crippen LogP contribution in [0.1, 0.15) is 0 Å². The Kier molecular flexibility index (Phi) is 6.46. The number of para-hydroxylation sites is 2. The molecule has 3 nitrogen and oxygen atoms in total. The SMILES string of the molecule is c1ccc(-c2c3ccccc3c(-c3ccccc3)c3cc(-c4cncc(-n5c(-c6ccccc6)nc6ccccc65)c4)ccc23)cc1. The first-order valence-corrected chi connectivity index (χ1v) is 15.9. The standard InChI is InChI=1S/C44H29N3/c1-4-14-30(15-5-1)42-36-20-10-11-21-37(36)43(31-16-6-2-7-17-31)39-27-33(24-25-38(39)42)34-26-35(29-45-28-34)47-41-23-13-12-22-40(41)46-44(47)32-18-8-3-9-19-32/h1-29H. The quantitative estimate of drug-likeness (QED) is 0.184. The number of hydrogen-bond donors (Lipinski definition) is 0. The molecular formula is C44H29N3. The molecule has 9 aromatic rings. The van der Waals surface area contributed by atoms with Crippen molar-refractivity contribution in [3.63, 3.8) is 0 Å². The molecule has 0 unspecified atom stereocenters. The van der Waals surface area contributed by atoms with Crippen molar-refractivity contribution >= 4 is 32.6 Å². The number of rotatable bonds is 5. The molecule has 0 spiro atoms. The molecule has 0 radical (unpaired) electrons. The Morgan fingerprint density at radius 1 is 0.383 bits per heavy atom. The molecule has 3 heteroatoms. The van der Waals surface area contributed by atoms with Gasteiger partial charge >= 0.3 is 0 Å². The zero-order valence-corrected chi connectivity index (χ0v) is 25.6. The van der Waals surface area contributed by atoms with Crippen LogP contribution in [-0.4, -0.2) is 14.5 Å². The molecule has 0 bridgehead atoms. The zero-order chi connectivity index (χ0) is 31.2. The summed E-state index contributed by atoms with van der Waals surface area (Å²) in [6, 6.07) is 58.1. The minimum absolute atomic E-state index is 0.898. The van der Waals surface area contributed by atoms with Gasteiger partial charge in [0, 0.05) is 17.3 Å². The van der Waals surface area contributed by atoms with Gasteiger partial charge in [-0.15, -0.1) is 0 Å². The molecule has 0 aliphatic carbocycles. The highest BCUT2D eigenvalue weighted by Gasteiger charge is 2.18. The predicted octanol–water partition coefficient (Wildman–Crippen LogP) is 11.4. The third-order valence-corrected chi connectivity index (χ3v) is 9.06. The van der Waals surface area contributed by atoms with Crippen LogP contribution in [0.5, 0.6) is 0 Å². The molecule has 0 aliphatic heterocycles. The van der Waals surface area contributed by atoms with E-state index in [0.29, 0.717) is 0 Å². The molecule has 2 heterocycles. The average Bonchev–Trinajstić information content (AvgIpc) is 3.54. The summed E-state index contributed by atoms with van der Waals surface area (Å²) in [6.07, 6.45) is 3.90. The van der Waals surface area contributed by atoms with E-state index in [9.17, 15) is 0 Å². The Morgan fingerprint density at radius 2 is 0.936 bits per heavy atom. The molecule has 7 aromatic carbocycles. The third-order valence-electron chi connectivity index (χ3n) is 9.06. The van der Waals surface area contributed by atoms with Gasteiger partial charge in [0.15, 0.2) is 0 Å². The van der Waals surface area contributed by atoms with Gasteiger partial charge in [-0.1, -0.05) is 140 Å². The molecule has 0 fully saturated rings. The molecule has 0 N–H and O–H groups in total. The van der Waals surface area contributed by atoms with Gasteiger partial charge in [0.2, 0.25) is 0 Å². The van der Waals surface area contributed by atoms with Crippen LogP contribution < -0.4 is 0 Å². The van der Waals surface area contributed by atoms with Gasteiger partial charge in [-0.05, 0) is 73.6 Å². The van der Waals surface area contributed by atoms with Crippen molar-refractivity contribution in [3.05, 3.63) is 176 Å². The van der Waals surface area contributed by atoms with Crippen molar-refractivity contribution in [1.29, 1.82) is 0 Å². The fourth-order valence-corrected chi connectivity index (χ4v) is 6.97. The van der Waals surface area contributed by atoms with Crippen LogP contribution in [0.25, 0.3) is 83.0 Å². The van der Waals surface area contributed by atoms with Crippen molar-refractivity contribution in [2.24, 2.45) is 0 Å². The van der Waals surface area contributed by atoms with Gasteiger partial charge in [0.25, 0.3) is 0 Å². The van der Waals surface area contributed by atoms with Crippen molar-refractivity contribution < 1.29 is 0 Å². The number of aromatic nitrogens is 3. The molecule has 0 aliphatic rings. The lowest BCUT2D eigenvalue weighted by Crippen LogP contribution is -1.99. The summed E-state index contributed by atoms with van der Waals surface area (Å²) in [7, 11) is 0. The zero-order valence-electron chi connectivity index (χ0n) is 25.6. The monoisotopic (exact) mass is 599 g/mol. The number of imidazole rings is 1. The molecule has 9 rings (SSSR count).